The van der Waals surface area contributed by atoms with Crippen LogP contribution in [0, 0.1) is 0 Å². The summed E-state index contributed by atoms with van der Waals surface area (Å²) in [6.07, 6.45) is 2.10. The minimum atomic E-state index is -0.645. The topological polar surface area (TPSA) is 133 Å². The maximum Gasteiger partial charge on any atom is 0.271 e. The van der Waals surface area contributed by atoms with Gasteiger partial charge in [0, 0.05) is 18.9 Å². The second kappa shape index (κ2) is 12.7. The number of phenols is 1. The average Bonchev–Trinajstić information content (AvgIpc) is 2.89. The van der Waals surface area contributed by atoms with Crippen molar-refractivity contribution >= 4 is 35.2 Å². The largest absolute Gasteiger partial charge is 0.506 e. The summed E-state index contributed by atoms with van der Waals surface area (Å²) in [6, 6.07) is 19.9. The Morgan fingerprint density at radius 1 is 0.972 bits per heavy atom. The molecule has 9 heteroatoms. The monoisotopic (exact) mass is 485 g/mol. The number of ketones is 1. The minimum Gasteiger partial charge on any atom is -0.506 e. The Morgan fingerprint density at radius 2 is 1.69 bits per heavy atom. The maximum atomic E-state index is 12.2. The molecule has 3 aromatic rings. The van der Waals surface area contributed by atoms with E-state index >= 15 is 0 Å². The zero-order valence-electron chi connectivity index (χ0n) is 20.0. The molecule has 0 aliphatic carbocycles. The summed E-state index contributed by atoms with van der Waals surface area (Å²) in [5.74, 6) is -0.725. The second-order valence-electron chi connectivity index (χ2n) is 7.96. The molecule has 36 heavy (non-hydrogen) atoms. The fourth-order valence-electron chi connectivity index (χ4n) is 3.31. The summed E-state index contributed by atoms with van der Waals surface area (Å²) in [4.78, 5) is 35.6. The van der Waals surface area contributed by atoms with Gasteiger partial charge in [0.2, 0.25) is 5.91 Å². The molecule has 0 fully saturated rings. The van der Waals surface area contributed by atoms with Crippen molar-refractivity contribution in [3.8, 4) is 5.75 Å². The third kappa shape index (κ3) is 7.69. The highest BCUT2D eigenvalue weighted by Gasteiger charge is 2.18. The lowest BCUT2D eigenvalue weighted by atomic mass is 10.0. The number of aromatic hydroxyl groups is 1. The first-order chi connectivity index (χ1) is 17.4. The van der Waals surface area contributed by atoms with Crippen molar-refractivity contribution in [2.75, 3.05) is 0 Å². The first kappa shape index (κ1) is 26.0. The van der Waals surface area contributed by atoms with Gasteiger partial charge in [0.25, 0.3) is 5.91 Å². The van der Waals surface area contributed by atoms with E-state index in [1.807, 2.05) is 6.07 Å². The number of carbonyl (C=O) groups excluding carboxylic acids is 3. The van der Waals surface area contributed by atoms with Crippen LogP contribution in [0.5, 0.6) is 5.75 Å². The number of benzene rings is 3. The van der Waals surface area contributed by atoms with Crippen LogP contribution >= 0.6 is 0 Å². The minimum absolute atomic E-state index is 0.0571. The number of hydrogen-bond donors (Lipinski definition) is 3. The van der Waals surface area contributed by atoms with Crippen LogP contribution < -0.4 is 10.7 Å². The molecule has 9 nitrogen and oxygen atoms in total. The van der Waals surface area contributed by atoms with Crippen molar-refractivity contribution in [3.63, 3.8) is 0 Å². The summed E-state index contributed by atoms with van der Waals surface area (Å²) in [5, 5.41) is 25.1. The molecular formula is C27H27N5O4. The molecule has 3 N–H and O–H groups in total. The van der Waals surface area contributed by atoms with E-state index in [-0.39, 0.29) is 35.5 Å². The second-order valence-corrected chi connectivity index (χ2v) is 7.96. The quantitative estimate of drug-likeness (QED) is 0.220. The van der Waals surface area contributed by atoms with E-state index < -0.39 is 6.04 Å². The van der Waals surface area contributed by atoms with E-state index in [0.717, 1.165) is 11.1 Å². The van der Waals surface area contributed by atoms with Gasteiger partial charge >= 0.3 is 0 Å². The van der Waals surface area contributed by atoms with E-state index in [1.54, 1.807) is 67.6 Å². The van der Waals surface area contributed by atoms with Crippen LogP contribution in [0.15, 0.2) is 88.1 Å². The highest BCUT2D eigenvalue weighted by atomic mass is 16.3. The van der Waals surface area contributed by atoms with Crippen LogP contribution in [-0.4, -0.2) is 35.0 Å². The van der Waals surface area contributed by atoms with Gasteiger partial charge < -0.3 is 10.4 Å². The molecule has 0 aliphatic rings. The smallest absolute Gasteiger partial charge is 0.271 e. The molecule has 184 valence electrons. The van der Waals surface area contributed by atoms with Gasteiger partial charge in [-0.25, -0.2) is 5.43 Å². The molecule has 0 heterocycles. The highest BCUT2D eigenvalue weighted by Crippen LogP contribution is 2.29. The van der Waals surface area contributed by atoms with Crippen LogP contribution in [0.2, 0.25) is 0 Å². The van der Waals surface area contributed by atoms with E-state index in [2.05, 4.69) is 26.1 Å². The molecule has 0 bridgehead atoms. The third-order valence-corrected chi connectivity index (χ3v) is 5.18. The summed E-state index contributed by atoms with van der Waals surface area (Å²) >= 11 is 0. The van der Waals surface area contributed by atoms with Gasteiger partial charge in [-0.2, -0.15) is 10.2 Å². The molecular weight excluding hydrogens is 458 g/mol. The highest BCUT2D eigenvalue weighted by molar-refractivity contribution is 5.94. The predicted octanol–water partition coefficient (Wildman–Crippen LogP) is 4.60. The van der Waals surface area contributed by atoms with Crippen molar-refractivity contribution in [1.29, 1.82) is 0 Å². The first-order valence-electron chi connectivity index (χ1n) is 11.4. The molecule has 1 atom stereocenters. The molecule has 0 aliphatic heterocycles. The number of carbonyl (C=O) groups is 3. The summed E-state index contributed by atoms with van der Waals surface area (Å²) < 4.78 is 0. The van der Waals surface area contributed by atoms with Gasteiger partial charge in [-0.05, 0) is 53.9 Å². The lowest BCUT2D eigenvalue weighted by Crippen LogP contribution is -2.41. The number of Topliss-reactive ketones (excluding diaryl/α,β-unsaturated/α-hetero) is 1. The Hall–Kier alpha value is -4.66. The zero-order chi connectivity index (χ0) is 25.9. The van der Waals surface area contributed by atoms with Crippen LogP contribution in [0.4, 0.5) is 11.4 Å². The van der Waals surface area contributed by atoms with Gasteiger partial charge in [-0.3, -0.25) is 14.4 Å². The fourth-order valence-corrected chi connectivity index (χ4v) is 3.31. The SMILES string of the molecule is CCC(=O)[C@H](Cc1ccc(O)c(N=Nc2ccc(/C=N\NC(=O)c3ccccc3)cc2)c1)NC(C)=O. The number of hydrazone groups is 1. The number of azo groups is 1. The van der Waals surface area contributed by atoms with Crippen molar-refractivity contribution in [2.45, 2.75) is 32.7 Å². The Kier molecular flexibility index (Phi) is 9.16. The number of nitrogens with one attached hydrogen (secondary N) is 2. The summed E-state index contributed by atoms with van der Waals surface area (Å²) in [5.41, 5.74) is 5.25. The molecule has 0 unspecified atom stereocenters. The Balaban J connectivity index is 1.64. The van der Waals surface area contributed by atoms with Crippen molar-refractivity contribution in [3.05, 3.63) is 89.5 Å². The summed E-state index contributed by atoms with van der Waals surface area (Å²) in [7, 11) is 0. The lowest BCUT2D eigenvalue weighted by Gasteiger charge is -2.16. The fraction of sp³-hybridized carbons (Fsp3) is 0.185. The molecule has 0 saturated carbocycles. The van der Waals surface area contributed by atoms with Gasteiger partial charge in [-0.1, -0.05) is 43.3 Å². The van der Waals surface area contributed by atoms with Gasteiger partial charge in [0.15, 0.2) is 5.78 Å². The summed E-state index contributed by atoms with van der Waals surface area (Å²) in [6.45, 7) is 3.11. The normalized spacial score (nSPS) is 11.9. The molecule has 0 spiro atoms. The Labute approximate surface area is 209 Å². The van der Waals surface area contributed by atoms with Crippen LogP contribution in [-0.2, 0) is 16.0 Å². The van der Waals surface area contributed by atoms with Crippen LogP contribution in [0.1, 0.15) is 41.8 Å². The van der Waals surface area contributed by atoms with Gasteiger partial charge in [0.1, 0.15) is 11.4 Å². The number of rotatable bonds is 10. The molecule has 2 amide bonds. The van der Waals surface area contributed by atoms with E-state index in [9.17, 15) is 19.5 Å². The number of nitrogens with zero attached hydrogens (tertiary/aromatic N) is 3. The number of phenolic OH excluding ortho intramolecular Hbond substituents is 1. The molecule has 0 aromatic heterocycles. The van der Waals surface area contributed by atoms with Crippen molar-refractivity contribution in [1.82, 2.24) is 10.7 Å². The Bertz CT molecular complexity index is 1270. The van der Waals surface area contributed by atoms with Crippen molar-refractivity contribution < 1.29 is 19.5 Å². The van der Waals surface area contributed by atoms with E-state index in [0.29, 0.717) is 17.7 Å². The predicted molar refractivity (Wildman–Crippen MR) is 137 cm³/mol. The zero-order valence-corrected chi connectivity index (χ0v) is 20.0. The molecule has 3 rings (SSSR count). The molecule has 0 radical (unpaired) electrons. The Morgan fingerprint density at radius 3 is 2.36 bits per heavy atom. The first-order valence-corrected chi connectivity index (χ1v) is 11.4. The van der Waals surface area contributed by atoms with Gasteiger partial charge in [0.05, 0.1) is 17.9 Å². The maximum absolute atomic E-state index is 12.2. The average molecular weight is 486 g/mol. The van der Waals surface area contributed by atoms with Gasteiger partial charge in [-0.15, -0.1) is 5.11 Å². The molecule has 0 saturated heterocycles. The number of hydrogen-bond acceptors (Lipinski definition) is 7. The van der Waals surface area contributed by atoms with E-state index in [4.69, 9.17) is 0 Å². The van der Waals surface area contributed by atoms with Crippen molar-refractivity contribution in [2.24, 2.45) is 15.3 Å². The standard InChI is InChI=1S/C27H27N5O4/c1-3-25(34)23(29-18(2)33)15-20-11-14-26(35)24(16-20)31-30-22-12-9-19(10-13-22)17-28-32-27(36)21-7-5-4-6-8-21/h4-14,16-17,23,35H,3,15H2,1-2H3,(H,29,33)(H,32,36)/b28-17-,31-30?/t23-/m0/s1. The third-order valence-electron chi connectivity index (χ3n) is 5.18. The number of amides is 2. The van der Waals surface area contributed by atoms with Crippen LogP contribution in [0.25, 0.3) is 0 Å². The molecule has 3 aromatic carbocycles. The lowest BCUT2D eigenvalue weighted by molar-refractivity contribution is -0.126. The van der Waals surface area contributed by atoms with E-state index in [1.165, 1.54) is 19.2 Å². The van der Waals surface area contributed by atoms with Crippen LogP contribution in [0.3, 0.4) is 0 Å².